The topological polar surface area (TPSA) is 48.5 Å². The Kier molecular flexibility index (Phi) is 5.39. The largest absolute Gasteiger partial charge is 0.311 e. The molecule has 0 fully saturated rings. The maximum Gasteiger partial charge on any atom is 0.168 e. The third-order valence-corrected chi connectivity index (χ3v) is 2.76. The van der Waals surface area contributed by atoms with Gasteiger partial charge in [-0.1, -0.05) is 42.2 Å². The van der Waals surface area contributed by atoms with E-state index in [1.54, 1.807) is 14.1 Å². The highest BCUT2D eigenvalue weighted by Crippen LogP contribution is 2.08. The first kappa shape index (κ1) is 14.6. The van der Waals surface area contributed by atoms with E-state index in [0.29, 0.717) is 5.84 Å². The molecule has 0 amide bonds. The average Bonchev–Trinajstić information content (AvgIpc) is 2.54. The Morgan fingerprint density at radius 2 is 1.62 bits per heavy atom. The van der Waals surface area contributed by atoms with Crippen molar-refractivity contribution in [3.05, 3.63) is 71.3 Å². The summed E-state index contributed by atoms with van der Waals surface area (Å²) in [6, 6.07) is 17.8. The highest BCUT2D eigenvalue weighted by atomic mass is 15.4. The van der Waals surface area contributed by atoms with Crippen molar-refractivity contribution in [1.29, 1.82) is 0 Å². The van der Waals surface area contributed by atoms with Gasteiger partial charge < -0.3 is 10.9 Å². The van der Waals surface area contributed by atoms with Gasteiger partial charge >= 0.3 is 0 Å². The van der Waals surface area contributed by atoms with Gasteiger partial charge in [-0.3, -0.25) is 0 Å². The summed E-state index contributed by atoms with van der Waals surface area (Å²) in [4.78, 5) is 0. The Labute approximate surface area is 125 Å². The summed E-state index contributed by atoms with van der Waals surface area (Å²) >= 11 is 0. The van der Waals surface area contributed by atoms with E-state index in [2.05, 4.69) is 33.2 Å². The van der Waals surface area contributed by atoms with Gasteiger partial charge in [0.25, 0.3) is 0 Å². The molecule has 0 radical (unpaired) electrons. The molecule has 0 aliphatic rings. The average molecular weight is 278 g/mol. The molecular formula is C17H18N4. The van der Waals surface area contributed by atoms with E-state index in [1.165, 1.54) is 0 Å². The first-order valence-electron chi connectivity index (χ1n) is 6.69. The van der Waals surface area contributed by atoms with Crippen LogP contribution in [0, 0.1) is 11.8 Å². The van der Waals surface area contributed by atoms with Crippen molar-refractivity contribution in [3.63, 3.8) is 0 Å². The zero-order chi connectivity index (χ0) is 14.9. The summed E-state index contributed by atoms with van der Waals surface area (Å²) in [6.07, 6.45) is 0. The van der Waals surface area contributed by atoms with Crippen LogP contribution in [0.1, 0.15) is 16.7 Å². The molecule has 0 aliphatic heterocycles. The van der Waals surface area contributed by atoms with Crippen molar-refractivity contribution >= 4 is 5.84 Å². The molecule has 21 heavy (non-hydrogen) atoms. The number of hydrogen-bond acceptors (Lipinski definition) is 3. The lowest BCUT2D eigenvalue weighted by atomic mass is 10.1. The molecule has 4 nitrogen and oxygen atoms in total. The predicted molar refractivity (Wildman–Crippen MR) is 86.7 cm³/mol. The highest BCUT2D eigenvalue weighted by molar-refractivity contribution is 6.00. The van der Waals surface area contributed by atoms with Gasteiger partial charge in [0.15, 0.2) is 5.84 Å². The number of hydrazine groups is 1. The molecule has 0 saturated carbocycles. The van der Waals surface area contributed by atoms with E-state index < -0.39 is 0 Å². The fraction of sp³-hybridized carbons (Fsp3) is 0.118. The van der Waals surface area contributed by atoms with Gasteiger partial charge in [-0.25, -0.2) is 5.43 Å². The number of rotatable bonds is 3. The lowest BCUT2D eigenvalue weighted by molar-refractivity contribution is 0.751. The van der Waals surface area contributed by atoms with E-state index >= 15 is 0 Å². The maximum absolute atomic E-state index is 4.23. The Morgan fingerprint density at radius 3 is 2.33 bits per heavy atom. The first-order chi connectivity index (χ1) is 10.3. The first-order valence-corrected chi connectivity index (χ1v) is 6.69. The van der Waals surface area contributed by atoms with Crippen LogP contribution < -0.4 is 16.3 Å². The van der Waals surface area contributed by atoms with Gasteiger partial charge in [-0.2, -0.15) is 5.10 Å². The van der Waals surface area contributed by atoms with Gasteiger partial charge in [-0.05, 0) is 24.3 Å². The highest BCUT2D eigenvalue weighted by Gasteiger charge is 2.06. The molecule has 2 rings (SSSR count). The summed E-state index contributed by atoms with van der Waals surface area (Å²) in [5.74, 6) is 7.06. The van der Waals surface area contributed by atoms with Crippen LogP contribution in [-0.2, 0) is 0 Å². The summed E-state index contributed by atoms with van der Waals surface area (Å²) in [5, 5.41) is 4.23. The van der Waals surface area contributed by atoms with Gasteiger partial charge in [0, 0.05) is 30.8 Å². The van der Waals surface area contributed by atoms with Crippen LogP contribution in [0.5, 0.6) is 0 Å². The fourth-order valence-electron chi connectivity index (χ4n) is 1.85. The van der Waals surface area contributed by atoms with Crippen molar-refractivity contribution < 1.29 is 0 Å². The van der Waals surface area contributed by atoms with Gasteiger partial charge in [0.1, 0.15) is 0 Å². The number of nitrogens with one attached hydrogen (secondary N) is 3. The summed E-state index contributed by atoms with van der Waals surface area (Å²) in [6.45, 7) is 0. The molecule has 2 aromatic carbocycles. The van der Waals surface area contributed by atoms with Crippen LogP contribution in [0.4, 0.5) is 0 Å². The lowest BCUT2D eigenvalue weighted by Crippen LogP contribution is -2.36. The quantitative estimate of drug-likeness (QED) is 0.346. The molecule has 4 heteroatoms. The van der Waals surface area contributed by atoms with E-state index in [0.717, 1.165) is 16.7 Å². The molecule has 0 aliphatic carbocycles. The second-order valence-electron chi connectivity index (χ2n) is 4.22. The maximum atomic E-state index is 4.23. The third kappa shape index (κ3) is 4.10. The molecular weight excluding hydrogens is 260 g/mol. The fourth-order valence-corrected chi connectivity index (χ4v) is 1.85. The van der Waals surface area contributed by atoms with Crippen molar-refractivity contribution in [3.8, 4) is 11.8 Å². The second-order valence-corrected chi connectivity index (χ2v) is 4.22. The van der Waals surface area contributed by atoms with Crippen LogP contribution in [0.2, 0.25) is 0 Å². The zero-order valence-corrected chi connectivity index (χ0v) is 12.1. The van der Waals surface area contributed by atoms with E-state index in [4.69, 9.17) is 0 Å². The van der Waals surface area contributed by atoms with E-state index in [9.17, 15) is 0 Å². The summed E-state index contributed by atoms with van der Waals surface area (Å²) < 4.78 is 0. The molecule has 0 unspecified atom stereocenters. The summed E-state index contributed by atoms with van der Waals surface area (Å²) in [7, 11) is 3.55. The molecule has 0 atom stereocenters. The molecule has 0 heterocycles. The molecule has 0 saturated heterocycles. The Morgan fingerprint density at radius 1 is 0.905 bits per heavy atom. The van der Waals surface area contributed by atoms with Crippen LogP contribution in [0.15, 0.2) is 59.7 Å². The SMILES string of the molecule is CN/N=C(\NNC)c1ccccc1C#Cc1ccccc1. The van der Waals surface area contributed by atoms with Crippen molar-refractivity contribution in [2.45, 2.75) is 0 Å². The van der Waals surface area contributed by atoms with Crippen LogP contribution >= 0.6 is 0 Å². The predicted octanol–water partition coefficient (Wildman–Crippen LogP) is 1.69. The number of hydrazone groups is 1. The van der Waals surface area contributed by atoms with E-state index in [-0.39, 0.29) is 0 Å². The minimum atomic E-state index is 0.693. The minimum Gasteiger partial charge on any atom is -0.311 e. The van der Waals surface area contributed by atoms with Crippen molar-refractivity contribution in [2.24, 2.45) is 5.10 Å². The standard InChI is InChI=1S/C17H18N4/c1-18-20-17(21-19-2)16-11-7-6-10-15(16)13-12-14-8-4-3-5-9-14/h3-11,18-19H,1-2H3,(H,20,21). The molecule has 2 aromatic rings. The lowest BCUT2D eigenvalue weighted by Gasteiger charge is -2.10. The number of amidine groups is 1. The number of benzene rings is 2. The zero-order valence-electron chi connectivity index (χ0n) is 12.1. The van der Waals surface area contributed by atoms with Gasteiger partial charge in [0.2, 0.25) is 0 Å². The second kappa shape index (κ2) is 7.73. The summed E-state index contributed by atoms with van der Waals surface area (Å²) in [5.41, 5.74) is 11.5. The number of hydrogen-bond donors (Lipinski definition) is 3. The molecule has 0 spiro atoms. The molecule has 0 bridgehead atoms. The van der Waals surface area contributed by atoms with Gasteiger partial charge in [0.05, 0.1) is 0 Å². The smallest absolute Gasteiger partial charge is 0.168 e. The van der Waals surface area contributed by atoms with Gasteiger partial charge in [-0.15, -0.1) is 0 Å². The molecule has 3 N–H and O–H groups in total. The van der Waals surface area contributed by atoms with E-state index in [1.807, 2.05) is 54.6 Å². The monoisotopic (exact) mass is 278 g/mol. The third-order valence-electron chi connectivity index (χ3n) is 2.76. The Balaban J connectivity index is 2.37. The van der Waals surface area contributed by atoms with Crippen molar-refractivity contribution in [1.82, 2.24) is 16.3 Å². The minimum absolute atomic E-state index is 0.693. The van der Waals surface area contributed by atoms with Crippen LogP contribution in [0.3, 0.4) is 0 Å². The normalized spacial score (nSPS) is 10.5. The van der Waals surface area contributed by atoms with Crippen LogP contribution in [-0.4, -0.2) is 19.9 Å². The Hall–Kier alpha value is -2.77. The Bertz CT molecular complexity index is 666. The molecule has 0 aromatic heterocycles. The van der Waals surface area contributed by atoms with Crippen LogP contribution in [0.25, 0.3) is 0 Å². The molecule has 106 valence electrons. The number of nitrogens with zero attached hydrogens (tertiary/aromatic N) is 1. The van der Waals surface area contributed by atoms with Crippen molar-refractivity contribution in [2.75, 3.05) is 14.1 Å².